The number of amides is 1. The summed E-state index contributed by atoms with van der Waals surface area (Å²) < 4.78 is 1.30. The lowest BCUT2D eigenvalue weighted by atomic mass is 9.92. The SMILES string of the molecule is O=C(C1CCN(C2CCN(Cc3nc4ccccc4s3)CC2)CC1)N1CCCC1. The molecule has 1 aromatic carbocycles. The van der Waals surface area contributed by atoms with Gasteiger partial charge in [0.15, 0.2) is 0 Å². The molecule has 1 aromatic heterocycles. The smallest absolute Gasteiger partial charge is 0.225 e. The van der Waals surface area contributed by atoms with Gasteiger partial charge in [0, 0.05) is 38.1 Å². The van der Waals surface area contributed by atoms with Gasteiger partial charge in [0.1, 0.15) is 5.01 Å². The molecule has 3 saturated heterocycles. The van der Waals surface area contributed by atoms with Crippen LogP contribution in [-0.2, 0) is 11.3 Å². The molecule has 3 aliphatic rings. The maximum absolute atomic E-state index is 12.7. The molecule has 1 amide bonds. The van der Waals surface area contributed by atoms with Gasteiger partial charge in [-0.15, -0.1) is 11.3 Å². The maximum Gasteiger partial charge on any atom is 0.225 e. The summed E-state index contributed by atoms with van der Waals surface area (Å²) in [6, 6.07) is 9.14. The Bertz CT molecular complexity index is 797. The van der Waals surface area contributed by atoms with Crippen LogP contribution in [0.3, 0.4) is 0 Å². The van der Waals surface area contributed by atoms with Crippen molar-refractivity contribution in [3.63, 3.8) is 0 Å². The van der Waals surface area contributed by atoms with Crippen molar-refractivity contribution in [2.45, 2.75) is 51.1 Å². The molecule has 0 saturated carbocycles. The molecule has 3 fully saturated rings. The van der Waals surface area contributed by atoms with E-state index >= 15 is 0 Å². The van der Waals surface area contributed by atoms with Gasteiger partial charge in [-0.1, -0.05) is 12.1 Å². The molecule has 5 nitrogen and oxygen atoms in total. The van der Waals surface area contributed by atoms with Crippen molar-refractivity contribution in [1.82, 2.24) is 19.7 Å². The van der Waals surface area contributed by atoms with Crippen LogP contribution in [0.25, 0.3) is 10.2 Å². The Morgan fingerprint density at radius 1 is 0.966 bits per heavy atom. The lowest BCUT2D eigenvalue weighted by Gasteiger charge is -2.41. The summed E-state index contributed by atoms with van der Waals surface area (Å²) in [4.78, 5) is 24.8. The Balaban J connectivity index is 1.08. The molecule has 5 rings (SSSR count). The minimum atomic E-state index is 0.281. The molecule has 4 heterocycles. The normalized spacial score (nSPS) is 23.2. The highest BCUT2D eigenvalue weighted by Crippen LogP contribution is 2.28. The van der Waals surface area contributed by atoms with Crippen molar-refractivity contribution in [1.29, 1.82) is 0 Å². The van der Waals surface area contributed by atoms with E-state index in [9.17, 15) is 4.79 Å². The average Bonchev–Trinajstić information content (AvgIpc) is 3.43. The topological polar surface area (TPSA) is 39.7 Å². The van der Waals surface area contributed by atoms with Crippen molar-refractivity contribution < 1.29 is 4.79 Å². The zero-order chi connectivity index (χ0) is 19.6. The van der Waals surface area contributed by atoms with E-state index in [0.29, 0.717) is 11.9 Å². The van der Waals surface area contributed by atoms with Crippen LogP contribution in [0, 0.1) is 5.92 Å². The highest BCUT2D eigenvalue weighted by molar-refractivity contribution is 7.18. The van der Waals surface area contributed by atoms with E-state index in [0.717, 1.165) is 64.2 Å². The van der Waals surface area contributed by atoms with Gasteiger partial charge in [0.25, 0.3) is 0 Å². The van der Waals surface area contributed by atoms with Crippen LogP contribution in [0.5, 0.6) is 0 Å². The minimum Gasteiger partial charge on any atom is -0.342 e. The van der Waals surface area contributed by atoms with Crippen LogP contribution in [0.2, 0.25) is 0 Å². The predicted octanol–water partition coefficient (Wildman–Crippen LogP) is 3.60. The number of carbonyl (C=O) groups is 1. The van der Waals surface area contributed by atoms with Crippen LogP contribution in [0.15, 0.2) is 24.3 Å². The van der Waals surface area contributed by atoms with Crippen LogP contribution in [0.1, 0.15) is 43.5 Å². The van der Waals surface area contributed by atoms with Crippen LogP contribution >= 0.6 is 11.3 Å². The fourth-order valence-electron chi connectivity index (χ4n) is 5.33. The Morgan fingerprint density at radius 2 is 1.69 bits per heavy atom. The second-order valence-corrected chi connectivity index (χ2v) is 10.0. The number of fused-ring (bicyclic) bond motifs is 1. The summed E-state index contributed by atoms with van der Waals surface area (Å²) >= 11 is 1.83. The summed E-state index contributed by atoms with van der Waals surface area (Å²) in [5.74, 6) is 0.719. The molecular weight excluding hydrogens is 380 g/mol. The number of likely N-dealkylation sites (tertiary alicyclic amines) is 3. The van der Waals surface area contributed by atoms with E-state index in [4.69, 9.17) is 4.98 Å². The molecule has 3 aliphatic heterocycles. The average molecular weight is 413 g/mol. The fourth-order valence-corrected chi connectivity index (χ4v) is 6.34. The van der Waals surface area contributed by atoms with Crippen molar-refractivity contribution in [3.05, 3.63) is 29.3 Å². The van der Waals surface area contributed by atoms with Gasteiger partial charge in [0.2, 0.25) is 5.91 Å². The first kappa shape index (κ1) is 19.5. The first-order valence-corrected chi connectivity index (χ1v) is 12.2. The summed E-state index contributed by atoms with van der Waals surface area (Å²) in [5.41, 5.74) is 1.13. The summed E-state index contributed by atoms with van der Waals surface area (Å²) in [7, 11) is 0. The Kier molecular flexibility index (Phi) is 5.84. The van der Waals surface area contributed by atoms with Crippen molar-refractivity contribution in [2.75, 3.05) is 39.3 Å². The number of aromatic nitrogens is 1. The molecule has 0 bridgehead atoms. The lowest BCUT2D eigenvalue weighted by molar-refractivity contribution is -0.136. The summed E-state index contributed by atoms with van der Waals surface area (Å²) in [6.45, 7) is 7.50. The number of nitrogens with zero attached hydrogens (tertiary/aromatic N) is 4. The summed E-state index contributed by atoms with van der Waals surface area (Å²) in [6.07, 6.45) is 6.99. The number of hydrogen-bond donors (Lipinski definition) is 0. The quantitative estimate of drug-likeness (QED) is 0.769. The van der Waals surface area contributed by atoms with Gasteiger partial charge in [-0.2, -0.15) is 0 Å². The molecule has 0 unspecified atom stereocenters. The van der Waals surface area contributed by atoms with Gasteiger partial charge in [0.05, 0.1) is 16.8 Å². The summed E-state index contributed by atoms with van der Waals surface area (Å²) in [5, 5.41) is 1.24. The molecule has 156 valence electrons. The fraction of sp³-hybridized carbons (Fsp3) is 0.652. The van der Waals surface area contributed by atoms with Gasteiger partial charge in [-0.25, -0.2) is 4.98 Å². The van der Waals surface area contributed by atoms with Gasteiger partial charge < -0.3 is 9.80 Å². The first-order chi connectivity index (χ1) is 14.3. The molecular formula is C23H32N4OS. The third-order valence-electron chi connectivity index (χ3n) is 7.07. The largest absolute Gasteiger partial charge is 0.342 e. The number of piperidine rings is 2. The monoisotopic (exact) mass is 412 g/mol. The van der Waals surface area contributed by atoms with E-state index in [2.05, 4.69) is 39.0 Å². The molecule has 0 aliphatic carbocycles. The van der Waals surface area contributed by atoms with Crippen molar-refractivity contribution in [2.24, 2.45) is 5.92 Å². The zero-order valence-electron chi connectivity index (χ0n) is 17.3. The van der Waals surface area contributed by atoms with E-state index in [1.807, 2.05) is 11.3 Å². The number of carbonyl (C=O) groups excluding carboxylic acids is 1. The molecule has 0 atom stereocenters. The third kappa shape index (κ3) is 4.35. The number of rotatable bonds is 4. The molecule has 6 heteroatoms. The van der Waals surface area contributed by atoms with E-state index < -0.39 is 0 Å². The van der Waals surface area contributed by atoms with Crippen LogP contribution < -0.4 is 0 Å². The van der Waals surface area contributed by atoms with Crippen LogP contribution in [-0.4, -0.2) is 70.9 Å². The van der Waals surface area contributed by atoms with Crippen LogP contribution in [0.4, 0.5) is 0 Å². The first-order valence-electron chi connectivity index (χ1n) is 11.4. The Morgan fingerprint density at radius 3 is 2.41 bits per heavy atom. The van der Waals surface area contributed by atoms with E-state index in [1.165, 1.54) is 35.4 Å². The predicted molar refractivity (Wildman–Crippen MR) is 118 cm³/mol. The molecule has 0 spiro atoms. The maximum atomic E-state index is 12.7. The number of para-hydroxylation sites is 1. The van der Waals surface area contributed by atoms with E-state index in [1.54, 1.807) is 0 Å². The van der Waals surface area contributed by atoms with Gasteiger partial charge in [-0.05, 0) is 63.7 Å². The second-order valence-electron chi connectivity index (χ2n) is 8.93. The standard InChI is InChI=1S/C23H32N4OS/c28-23(27-11-3-4-12-27)18-7-15-26(16-8-18)19-9-13-25(14-10-19)17-22-24-20-5-1-2-6-21(20)29-22/h1-2,5-6,18-19H,3-4,7-17H2. The minimum absolute atomic E-state index is 0.281. The molecule has 2 aromatic rings. The molecule has 0 radical (unpaired) electrons. The highest BCUT2D eigenvalue weighted by atomic mass is 32.1. The number of thiazole rings is 1. The second kappa shape index (κ2) is 8.70. The third-order valence-corrected chi connectivity index (χ3v) is 8.09. The highest BCUT2D eigenvalue weighted by Gasteiger charge is 2.33. The van der Waals surface area contributed by atoms with Gasteiger partial charge in [-0.3, -0.25) is 9.69 Å². The zero-order valence-corrected chi connectivity index (χ0v) is 18.1. The Labute approximate surface area is 177 Å². The molecule has 29 heavy (non-hydrogen) atoms. The number of hydrogen-bond acceptors (Lipinski definition) is 5. The van der Waals surface area contributed by atoms with Gasteiger partial charge >= 0.3 is 0 Å². The van der Waals surface area contributed by atoms with E-state index in [-0.39, 0.29) is 5.92 Å². The van der Waals surface area contributed by atoms with Crippen molar-refractivity contribution >= 4 is 27.5 Å². The Hall–Kier alpha value is -1.50. The lowest BCUT2D eigenvalue weighted by Crippen LogP contribution is -2.49. The van der Waals surface area contributed by atoms with Crippen molar-refractivity contribution in [3.8, 4) is 0 Å². The number of benzene rings is 1. The molecule has 0 N–H and O–H groups in total.